The molecular weight excluding hydrogens is 541 g/mol. The van der Waals surface area contributed by atoms with Crippen molar-refractivity contribution in [1.82, 2.24) is 19.9 Å². The Labute approximate surface area is 243 Å². The zero-order valence-electron chi connectivity index (χ0n) is 22.9. The molecular formula is C32H33ClFN5O2. The number of piperidine rings is 1. The second-order valence-corrected chi connectivity index (χ2v) is 12.6. The van der Waals surface area contributed by atoms with Crippen molar-refractivity contribution in [1.29, 1.82) is 0 Å². The van der Waals surface area contributed by atoms with Gasteiger partial charge in [-0.1, -0.05) is 41.9 Å². The molecule has 4 aromatic rings. The van der Waals surface area contributed by atoms with E-state index in [1.807, 2.05) is 36.4 Å². The molecule has 5 heterocycles. The molecule has 1 aliphatic carbocycles. The third-order valence-corrected chi connectivity index (χ3v) is 9.81. The smallest absolute Gasteiger partial charge is 0.319 e. The van der Waals surface area contributed by atoms with Gasteiger partial charge >= 0.3 is 6.01 Å². The van der Waals surface area contributed by atoms with Crippen LogP contribution in [0.4, 0.5) is 10.2 Å². The van der Waals surface area contributed by atoms with Crippen molar-refractivity contribution in [2.45, 2.75) is 44.2 Å². The Morgan fingerprint density at radius 3 is 2.63 bits per heavy atom. The van der Waals surface area contributed by atoms with Gasteiger partial charge in [-0.05, 0) is 55.4 Å². The fourth-order valence-electron chi connectivity index (χ4n) is 7.57. The molecule has 4 bridgehead atoms. The monoisotopic (exact) mass is 573 g/mol. The summed E-state index contributed by atoms with van der Waals surface area (Å²) in [6, 6.07) is 12.2. The zero-order chi connectivity index (χ0) is 27.5. The number of hydrogen-bond donors (Lipinski definition) is 0. The van der Waals surface area contributed by atoms with Gasteiger partial charge in [0.25, 0.3) is 0 Å². The fraction of sp³-hybridized carbons (Fsp3) is 0.469. The number of aromatic nitrogens is 3. The van der Waals surface area contributed by atoms with Crippen molar-refractivity contribution >= 4 is 39.1 Å². The van der Waals surface area contributed by atoms with Crippen LogP contribution in [-0.2, 0) is 4.74 Å². The molecule has 0 amide bonds. The van der Waals surface area contributed by atoms with Crippen LogP contribution >= 0.6 is 11.6 Å². The van der Waals surface area contributed by atoms with Crippen molar-refractivity contribution in [2.24, 2.45) is 11.8 Å². The summed E-state index contributed by atoms with van der Waals surface area (Å²) in [5.74, 6) is 1.55. The molecule has 4 fully saturated rings. The van der Waals surface area contributed by atoms with Crippen molar-refractivity contribution in [2.75, 3.05) is 44.3 Å². The fourth-order valence-corrected chi connectivity index (χ4v) is 7.86. The first-order valence-corrected chi connectivity index (χ1v) is 15.3. The first-order valence-electron chi connectivity index (χ1n) is 14.9. The van der Waals surface area contributed by atoms with Crippen LogP contribution in [0.15, 0.2) is 42.6 Å². The Kier molecular flexibility index (Phi) is 6.46. The van der Waals surface area contributed by atoms with Crippen molar-refractivity contribution in [3.8, 4) is 17.3 Å². The van der Waals surface area contributed by atoms with Gasteiger partial charge < -0.3 is 14.4 Å². The number of hydrogen-bond acceptors (Lipinski definition) is 7. The Bertz CT molecular complexity index is 1620. The third-order valence-electron chi connectivity index (χ3n) is 9.49. The zero-order valence-corrected chi connectivity index (χ0v) is 23.7. The quantitative estimate of drug-likeness (QED) is 0.247. The van der Waals surface area contributed by atoms with Gasteiger partial charge in [-0.25, -0.2) is 4.39 Å². The topological polar surface area (TPSA) is 63.6 Å². The number of ether oxygens (including phenoxy) is 2. The molecule has 3 aliphatic heterocycles. The highest BCUT2D eigenvalue weighted by Gasteiger charge is 2.38. The Morgan fingerprint density at radius 1 is 1.02 bits per heavy atom. The van der Waals surface area contributed by atoms with E-state index in [9.17, 15) is 0 Å². The maximum Gasteiger partial charge on any atom is 0.319 e. The van der Waals surface area contributed by atoms with Gasteiger partial charge in [-0.2, -0.15) is 9.97 Å². The van der Waals surface area contributed by atoms with Crippen molar-refractivity contribution < 1.29 is 13.9 Å². The number of halogens is 2. The first-order chi connectivity index (χ1) is 20.1. The van der Waals surface area contributed by atoms with Crippen LogP contribution in [0.3, 0.4) is 0 Å². The lowest BCUT2D eigenvalue weighted by atomic mass is 9.98. The van der Waals surface area contributed by atoms with E-state index in [1.54, 1.807) is 6.20 Å². The summed E-state index contributed by atoms with van der Waals surface area (Å²) in [6.07, 6.45) is 7.86. The third kappa shape index (κ3) is 4.60. The van der Waals surface area contributed by atoms with E-state index >= 15 is 4.39 Å². The molecule has 0 radical (unpaired) electrons. The van der Waals surface area contributed by atoms with Gasteiger partial charge in [0, 0.05) is 54.4 Å². The maximum atomic E-state index is 16.5. The number of fused-ring (bicyclic) bond motifs is 6. The lowest BCUT2D eigenvalue weighted by Gasteiger charge is -2.33. The van der Waals surface area contributed by atoms with E-state index < -0.39 is 5.82 Å². The Morgan fingerprint density at radius 2 is 1.85 bits per heavy atom. The number of rotatable bonds is 7. The number of likely N-dealkylation sites (tertiary alicyclic amines) is 1. The minimum Gasteiger partial charge on any atom is -0.463 e. The largest absolute Gasteiger partial charge is 0.463 e. The normalized spacial score (nSPS) is 25.6. The molecule has 7 nitrogen and oxygen atoms in total. The highest BCUT2D eigenvalue weighted by molar-refractivity contribution is 6.36. The average Bonchev–Trinajstić information content (AvgIpc) is 3.71. The molecule has 1 saturated carbocycles. The molecule has 8 rings (SSSR count). The molecule has 0 spiro atoms. The average molecular weight is 574 g/mol. The molecule has 212 valence electrons. The van der Waals surface area contributed by atoms with Crippen LogP contribution in [0.25, 0.3) is 32.9 Å². The summed E-state index contributed by atoms with van der Waals surface area (Å²) < 4.78 is 28.4. The molecule has 4 aliphatic rings. The van der Waals surface area contributed by atoms with Crippen LogP contribution in [0.5, 0.6) is 6.01 Å². The molecule has 9 heteroatoms. The second-order valence-electron chi connectivity index (χ2n) is 12.1. The van der Waals surface area contributed by atoms with Gasteiger partial charge in [-0.3, -0.25) is 9.88 Å². The van der Waals surface area contributed by atoms with E-state index in [1.165, 1.54) is 19.3 Å². The van der Waals surface area contributed by atoms with E-state index in [4.69, 9.17) is 26.1 Å². The molecule has 2 aromatic heterocycles. The molecule has 0 N–H and O–H groups in total. The second kappa shape index (κ2) is 10.3. The highest BCUT2D eigenvalue weighted by atomic mass is 35.5. The minimum atomic E-state index is -0.475. The van der Waals surface area contributed by atoms with E-state index in [0.717, 1.165) is 62.2 Å². The predicted octanol–water partition coefficient (Wildman–Crippen LogP) is 6.12. The van der Waals surface area contributed by atoms with Gasteiger partial charge in [0.2, 0.25) is 0 Å². The summed E-state index contributed by atoms with van der Waals surface area (Å²) in [6.45, 7) is 5.10. The summed E-state index contributed by atoms with van der Waals surface area (Å²) in [4.78, 5) is 18.9. The van der Waals surface area contributed by atoms with Crippen LogP contribution in [-0.4, -0.2) is 71.4 Å². The summed E-state index contributed by atoms with van der Waals surface area (Å²) in [7, 11) is 0. The lowest BCUT2D eigenvalue weighted by molar-refractivity contribution is 0.0287. The first kappa shape index (κ1) is 25.6. The van der Waals surface area contributed by atoms with E-state index in [2.05, 4.69) is 19.8 Å². The number of morpholine rings is 1. The Balaban J connectivity index is 1.15. The molecule has 3 saturated heterocycles. The van der Waals surface area contributed by atoms with Gasteiger partial charge in [0.15, 0.2) is 5.82 Å². The van der Waals surface area contributed by atoms with Crippen LogP contribution in [0.2, 0.25) is 5.02 Å². The molecule has 4 atom stereocenters. The van der Waals surface area contributed by atoms with Gasteiger partial charge in [-0.15, -0.1) is 0 Å². The summed E-state index contributed by atoms with van der Waals surface area (Å²) in [5.41, 5.74) is 1.12. The standard InChI is InChI=1S/C32H33ClFN5O2/c33-26-7-2-5-21-4-1-6-24(27(21)26)29-28(34)30-25(14-35-29)31(39-15-19-8-9-20(12-19)16-39)37-32(36-30)40-11-3-10-38-17-23-13-22(38)18-41-23/h1-2,4-7,14,19-20,22-23H,3,8-13,15-18H2/t19?,20?,22-,23-/m0/s1. The van der Waals surface area contributed by atoms with E-state index in [0.29, 0.717) is 46.6 Å². The highest BCUT2D eigenvalue weighted by Crippen LogP contribution is 2.41. The van der Waals surface area contributed by atoms with Crippen LogP contribution in [0.1, 0.15) is 32.1 Å². The molecule has 2 unspecified atom stereocenters. The molecule has 41 heavy (non-hydrogen) atoms. The van der Waals surface area contributed by atoms with Gasteiger partial charge in [0.05, 0.1) is 24.7 Å². The maximum absolute atomic E-state index is 16.5. The summed E-state index contributed by atoms with van der Waals surface area (Å²) >= 11 is 6.59. The summed E-state index contributed by atoms with van der Waals surface area (Å²) in [5, 5.41) is 2.90. The lowest BCUT2D eigenvalue weighted by Crippen LogP contribution is -2.38. The van der Waals surface area contributed by atoms with Crippen LogP contribution < -0.4 is 9.64 Å². The SMILES string of the molecule is Fc1c(-c2cccc3cccc(Cl)c23)ncc2c(N3CC4CCC(C4)C3)nc(OCCCN3C[C@@H]4C[C@H]3CO4)nc12. The Hall–Kier alpha value is -3.07. The molecule has 2 aromatic carbocycles. The number of anilines is 1. The number of nitrogens with zero attached hydrogens (tertiary/aromatic N) is 5. The van der Waals surface area contributed by atoms with Crippen molar-refractivity contribution in [3.63, 3.8) is 0 Å². The van der Waals surface area contributed by atoms with Crippen molar-refractivity contribution in [3.05, 3.63) is 53.4 Å². The van der Waals surface area contributed by atoms with Gasteiger partial charge in [0.1, 0.15) is 17.0 Å². The number of pyridine rings is 1. The minimum absolute atomic E-state index is 0.226. The predicted molar refractivity (Wildman–Crippen MR) is 158 cm³/mol. The van der Waals surface area contributed by atoms with E-state index in [-0.39, 0.29) is 17.2 Å². The number of benzene rings is 2. The van der Waals surface area contributed by atoms with Crippen LogP contribution in [0, 0.1) is 17.7 Å².